The molecule has 2 aromatic heterocycles. The number of aliphatic hydroxyl groups is 1. The molecule has 0 aliphatic carbocycles. The zero-order valence-electron chi connectivity index (χ0n) is 10.1. The summed E-state index contributed by atoms with van der Waals surface area (Å²) < 4.78 is 28.1. The second-order valence-electron chi connectivity index (χ2n) is 4.49. The van der Waals surface area contributed by atoms with Crippen LogP contribution in [0.2, 0.25) is 0 Å². The van der Waals surface area contributed by atoms with Crippen molar-refractivity contribution in [3.05, 3.63) is 11.6 Å². The molecule has 104 valence electrons. The minimum atomic E-state index is -3.66. The van der Waals surface area contributed by atoms with Gasteiger partial charge in [-0.1, -0.05) is 0 Å². The number of hydrogen-bond acceptors (Lipinski definition) is 6. The summed E-state index contributed by atoms with van der Waals surface area (Å²) in [5.74, 6) is 0.0259. The topological polar surface area (TPSA) is 101 Å². The highest BCUT2D eigenvalue weighted by Gasteiger charge is 2.33. The molecule has 1 fully saturated rings. The summed E-state index contributed by atoms with van der Waals surface area (Å²) in [5.41, 5.74) is 5.74. The van der Waals surface area contributed by atoms with Crippen LogP contribution in [0.5, 0.6) is 0 Å². The van der Waals surface area contributed by atoms with E-state index in [0.717, 1.165) is 0 Å². The van der Waals surface area contributed by atoms with Crippen molar-refractivity contribution >= 4 is 32.1 Å². The quantitative estimate of drug-likeness (QED) is 0.821. The molecular weight excluding hydrogens is 288 g/mol. The molecule has 1 saturated heterocycles. The minimum absolute atomic E-state index is 0.0259. The Labute approximate surface area is 114 Å². The van der Waals surface area contributed by atoms with E-state index < -0.39 is 16.1 Å². The van der Waals surface area contributed by atoms with E-state index in [-0.39, 0.29) is 10.8 Å². The van der Waals surface area contributed by atoms with Crippen LogP contribution in [0.3, 0.4) is 0 Å². The molecule has 0 spiro atoms. The number of hydrogen-bond donors (Lipinski definition) is 2. The zero-order chi connectivity index (χ0) is 13.6. The van der Waals surface area contributed by atoms with Gasteiger partial charge in [0.2, 0.25) is 0 Å². The number of imidazole rings is 1. The number of piperidine rings is 1. The molecule has 0 bridgehead atoms. The molecule has 7 nitrogen and oxygen atoms in total. The number of sulfonamides is 1. The van der Waals surface area contributed by atoms with Gasteiger partial charge in [-0.2, -0.15) is 4.31 Å². The Balaban J connectivity index is 2.04. The molecule has 3 heterocycles. The van der Waals surface area contributed by atoms with Gasteiger partial charge in [0.1, 0.15) is 0 Å². The van der Waals surface area contributed by atoms with Crippen molar-refractivity contribution in [1.29, 1.82) is 0 Å². The highest BCUT2D eigenvalue weighted by Crippen LogP contribution is 2.27. The number of nitrogen functional groups attached to an aromatic ring is 1. The van der Waals surface area contributed by atoms with E-state index in [2.05, 4.69) is 4.98 Å². The van der Waals surface area contributed by atoms with Gasteiger partial charge in [0.15, 0.2) is 15.8 Å². The van der Waals surface area contributed by atoms with Crippen molar-refractivity contribution in [2.75, 3.05) is 18.8 Å². The van der Waals surface area contributed by atoms with Crippen molar-refractivity contribution in [2.45, 2.75) is 24.0 Å². The second-order valence-corrected chi connectivity index (χ2v) is 7.22. The number of aliphatic hydroxyl groups excluding tert-OH is 1. The van der Waals surface area contributed by atoms with Crippen LogP contribution in [0.4, 0.5) is 5.82 Å². The number of aromatic nitrogens is 2. The van der Waals surface area contributed by atoms with Crippen molar-refractivity contribution in [2.24, 2.45) is 0 Å². The monoisotopic (exact) mass is 302 g/mol. The predicted octanol–water partition coefficient (Wildman–Crippen LogP) is 0.123. The van der Waals surface area contributed by atoms with E-state index in [9.17, 15) is 13.5 Å². The molecule has 1 aliphatic heterocycles. The third kappa shape index (κ3) is 2.02. The lowest BCUT2D eigenvalue weighted by molar-refractivity contribution is 0.113. The lowest BCUT2D eigenvalue weighted by Gasteiger charge is -2.28. The van der Waals surface area contributed by atoms with Crippen molar-refractivity contribution in [3.63, 3.8) is 0 Å². The van der Waals surface area contributed by atoms with Crippen molar-refractivity contribution in [1.82, 2.24) is 13.7 Å². The van der Waals surface area contributed by atoms with Gasteiger partial charge in [0.25, 0.3) is 10.0 Å². The molecular formula is C10H14N4O3S2. The fourth-order valence-corrected chi connectivity index (χ4v) is 4.66. The highest BCUT2D eigenvalue weighted by atomic mass is 32.2. The average molecular weight is 302 g/mol. The Morgan fingerprint density at radius 3 is 2.79 bits per heavy atom. The summed E-state index contributed by atoms with van der Waals surface area (Å²) in [4.78, 5) is 4.62. The van der Waals surface area contributed by atoms with Gasteiger partial charge < -0.3 is 10.8 Å². The molecule has 2 aromatic rings. The maximum Gasteiger partial charge on any atom is 0.262 e. The van der Waals surface area contributed by atoms with E-state index >= 15 is 0 Å². The smallest absolute Gasteiger partial charge is 0.262 e. The van der Waals surface area contributed by atoms with Gasteiger partial charge in [0.05, 0.1) is 6.10 Å². The molecule has 9 heteroatoms. The number of fused-ring (bicyclic) bond motifs is 1. The molecule has 0 atom stereocenters. The van der Waals surface area contributed by atoms with E-state index in [1.165, 1.54) is 20.0 Å². The van der Waals surface area contributed by atoms with Crippen molar-refractivity contribution in [3.8, 4) is 0 Å². The van der Waals surface area contributed by atoms with Crippen LogP contribution >= 0.6 is 11.3 Å². The molecule has 0 radical (unpaired) electrons. The first-order valence-corrected chi connectivity index (χ1v) is 8.21. The standard InChI is InChI=1S/C10H14N4O3S2/c11-8-9(14-5-6-18-10(14)12-8)19(16,17)13-3-1-7(15)2-4-13/h5-7,15H,1-4,11H2. The first-order chi connectivity index (χ1) is 9.00. The zero-order valence-corrected chi connectivity index (χ0v) is 11.7. The lowest BCUT2D eigenvalue weighted by Crippen LogP contribution is -2.40. The van der Waals surface area contributed by atoms with E-state index in [1.807, 2.05) is 0 Å². The molecule has 3 rings (SSSR count). The third-order valence-electron chi connectivity index (χ3n) is 3.25. The summed E-state index contributed by atoms with van der Waals surface area (Å²) in [6.07, 6.45) is 2.13. The van der Waals surface area contributed by atoms with E-state index in [1.54, 1.807) is 11.6 Å². The molecule has 19 heavy (non-hydrogen) atoms. The largest absolute Gasteiger partial charge is 0.393 e. The van der Waals surface area contributed by atoms with Crippen LogP contribution in [0, 0.1) is 0 Å². The molecule has 3 N–H and O–H groups in total. The molecule has 0 saturated carbocycles. The third-order valence-corrected chi connectivity index (χ3v) is 5.95. The molecule has 0 amide bonds. The van der Waals surface area contributed by atoms with Gasteiger partial charge in [-0.3, -0.25) is 4.40 Å². The summed E-state index contributed by atoms with van der Waals surface area (Å²) in [7, 11) is -3.66. The van der Waals surface area contributed by atoms with Crippen LogP contribution < -0.4 is 5.73 Å². The summed E-state index contributed by atoms with van der Waals surface area (Å²) in [5, 5.41) is 11.2. The fourth-order valence-electron chi connectivity index (χ4n) is 2.24. The first-order valence-electron chi connectivity index (χ1n) is 5.89. The summed E-state index contributed by atoms with van der Waals surface area (Å²) in [6.45, 7) is 0.612. The number of nitrogens with two attached hydrogens (primary N) is 1. The van der Waals surface area contributed by atoms with Gasteiger partial charge in [-0.25, -0.2) is 13.4 Å². The van der Waals surface area contributed by atoms with Crippen LogP contribution in [0.15, 0.2) is 16.6 Å². The van der Waals surface area contributed by atoms with E-state index in [0.29, 0.717) is 30.9 Å². The van der Waals surface area contributed by atoms with Gasteiger partial charge in [-0.15, -0.1) is 11.3 Å². The summed E-state index contributed by atoms with van der Waals surface area (Å²) in [6, 6.07) is 0. The van der Waals surface area contributed by atoms with Crippen molar-refractivity contribution < 1.29 is 13.5 Å². The Morgan fingerprint density at radius 1 is 1.42 bits per heavy atom. The number of thiazole rings is 1. The number of rotatable bonds is 2. The minimum Gasteiger partial charge on any atom is -0.393 e. The normalized spacial score (nSPS) is 19.2. The molecule has 0 aromatic carbocycles. The maximum absolute atomic E-state index is 12.6. The Bertz CT molecular complexity index is 697. The van der Waals surface area contributed by atoms with Crippen LogP contribution in [-0.2, 0) is 10.0 Å². The lowest BCUT2D eigenvalue weighted by atomic mass is 10.1. The SMILES string of the molecule is Nc1nc2sccn2c1S(=O)(=O)N1CCC(O)CC1. The molecule has 0 unspecified atom stereocenters. The Kier molecular flexibility index (Phi) is 3.01. The van der Waals surface area contributed by atoms with Crippen LogP contribution in [-0.4, -0.2) is 46.4 Å². The highest BCUT2D eigenvalue weighted by molar-refractivity contribution is 7.89. The van der Waals surface area contributed by atoms with Crippen LogP contribution in [0.1, 0.15) is 12.8 Å². The second kappa shape index (κ2) is 4.44. The molecule has 1 aliphatic rings. The van der Waals surface area contributed by atoms with Gasteiger partial charge in [-0.05, 0) is 12.8 Å². The first kappa shape index (κ1) is 12.9. The Morgan fingerprint density at radius 2 is 2.11 bits per heavy atom. The van der Waals surface area contributed by atoms with Gasteiger partial charge >= 0.3 is 0 Å². The number of anilines is 1. The maximum atomic E-state index is 12.6. The number of nitrogens with zero attached hydrogens (tertiary/aromatic N) is 3. The fraction of sp³-hybridized carbons (Fsp3) is 0.500. The van der Waals surface area contributed by atoms with E-state index in [4.69, 9.17) is 5.73 Å². The van der Waals surface area contributed by atoms with Crippen LogP contribution in [0.25, 0.3) is 4.96 Å². The Hall–Kier alpha value is -1.16. The average Bonchev–Trinajstić information content (AvgIpc) is 2.88. The summed E-state index contributed by atoms with van der Waals surface area (Å²) >= 11 is 1.33. The van der Waals surface area contributed by atoms with Gasteiger partial charge in [0, 0.05) is 24.7 Å². The predicted molar refractivity (Wildman–Crippen MR) is 71.5 cm³/mol.